The summed E-state index contributed by atoms with van der Waals surface area (Å²) in [5.41, 5.74) is 0. The molecular formula is C15H24N2O4S. The number of amides is 1. The van der Waals surface area contributed by atoms with E-state index in [9.17, 15) is 9.90 Å². The predicted molar refractivity (Wildman–Crippen MR) is 87.0 cm³/mol. The number of phenols is 1. The van der Waals surface area contributed by atoms with Crippen molar-refractivity contribution in [3.63, 3.8) is 0 Å². The van der Waals surface area contributed by atoms with Gasteiger partial charge in [0.25, 0.3) is 0 Å². The highest BCUT2D eigenvalue weighted by Crippen LogP contribution is 2.20. The van der Waals surface area contributed by atoms with E-state index in [1.54, 1.807) is 23.9 Å². The first kappa shape index (κ1) is 18.8. The Kier molecular flexibility index (Phi) is 8.91. The molecule has 0 atom stereocenters. The van der Waals surface area contributed by atoms with Gasteiger partial charge in [-0.15, -0.1) is 11.8 Å². The van der Waals surface area contributed by atoms with E-state index in [1.165, 1.54) is 0 Å². The first-order valence-electron chi connectivity index (χ1n) is 7.24. The molecule has 0 saturated carbocycles. The zero-order valence-corrected chi connectivity index (χ0v) is 13.6. The molecule has 0 saturated heterocycles. The molecule has 1 rings (SSSR count). The topological polar surface area (TPSA) is 93.0 Å². The van der Waals surface area contributed by atoms with Crippen molar-refractivity contribution < 1.29 is 20.1 Å². The van der Waals surface area contributed by atoms with Gasteiger partial charge in [-0.1, -0.05) is 6.92 Å². The highest BCUT2D eigenvalue weighted by molar-refractivity contribution is 7.99. The fourth-order valence-electron chi connectivity index (χ4n) is 1.81. The molecule has 22 heavy (non-hydrogen) atoms. The highest BCUT2D eigenvalue weighted by Gasteiger charge is 2.13. The first-order chi connectivity index (χ1) is 10.6. The number of nitrogens with one attached hydrogen (secondary N) is 1. The van der Waals surface area contributed by atoms with Crippen molar-refractivity contribution in [2.45, 2.75) is 17.9 Å². The number of likely N-dealkylation sites (N-methyl/N-ethyl adjacent to an activating group) is 1. The minimum atomic E-state index is -0.599. The summed E-state index contributed by atoms with van der Waals surface area (Å²) in [6, 6.07) is 6.42. The number of phenolic OH excluding ortho intramolecular Hbond substituents is 1. The molecule has 7 heteroatoms. The van der Waals surface area contributed by atoms with Crippen LogP contribution in [0, 0.1) is 0 Å². The van der Waals surface area contributed by atoms with Gasteiger partial charge in [0.05, 0.1) is 25.8 Å². The first-order valence-corrected chi connectivity index (χ1v) is 8.22. The SMILES string of the molecule is CCN(CCSc1ccc(O)cc1)CC(=O)NC(CO)CO. The normalized spacial score (nSPS) is 11.1. The van der Waals surface area contributed by atoms with Crippen molar-refractivity contribution in [3.05, 3.63) is 24.3 Å². The summed E-state index contributed by atoms with van der Waals surface area (Å²) in [5.74, 6) is 0.873. The standard InChI is InChI=1S/C15H24N2O4S/c1-2-17(9-15(21)16-12(10-18)11-19)7-8-22-14-5-3-13(20)4-6-14/h3-6,12,18-20H,2,7-11H2,1H3,(H,16,21). The van der Waals surface area contributed by atoms with Crippen molar-refractivity contribution in [3.8, 4) is 5.75 Å². The van der Waals surface area contributed by atoms with E-state index in [4.69, 9.17) is 10.2 Å². The molecule has 124 valence electrons. The second kappa shape index (κ2) is 10.4. The lowest BCUT2D eigenvalue weighted by Gasteiger charge is -2.21. The highest BCUT2D eigenvalue weighted by atomic mass is 32.2. The van der Waals surface area contributed by atoms with E-state index in [-0.39, 0.29) is 31.4 Å². The molecule has 4 N–H and O–H groups in total. The van der Waals surface area contributed by atoms with Crippen molar-refractivity contribution in [2.24, 2.45) is 0 Å². The molecule has 0 bridgehead atoms. The van der Waals surface area contributed by atoms with Crippen LogP contribution in [0.5, 0.6) is 5.75 Å². The van der Waals surface area contributed by atoms with E-state index in [0.29, 0.717) is 0 Å². The summed E-state index contributed by atoms with van der Waals surface area (Å²) in [7, 11) is 0. The molecular weight excluding hydrogens is 304 g/mol. The van der Waals surface area contributed by atoms with Gasteiger partial charge in [0, 0.05) is 17.2 Å². The number of carbonyl (C=O) groups excluding carboxylic acids is 1. The van der Waals surface area contributed by atoms with Gasteiger partial charge < -0.3 is 20.6 Å². The van der Waals surface area contributed by atoms with E-state index < -0.39 is 6.04 Å². The maximum atomic E-state index is 11.8. The van der Waals surface area contributed by atoms with E-state index in [0.717, 1.165) is 23.7 Å². The fraction of sp³-hybridized carbons (Fsp3) is 0.533. The van der Waals surface area contributed by atoms with Crippen LogP contribution in [0.4, 0.5) is 0 Å². The molecule has 0 aromatic heterocycles. The van der Waals surface area contributed by atoms with E-state index in [2.05, 4.69) is 5.32 Å². The number of rotatable bonds is 10. The summed E-state index contributed by atoms with van der Waals surface area (Å²) in [5, 5.41) is 29.7. The van der Waals surface area contributed by atoms with E-state index >= 15 is 0 Å². The number of benzene rings is 1. The van der Waals surface area contributed by atoms with Crippen molar-refractivity contribution in [1.29, 1.82) is 0 Å². The van der Waals surface area contributed by atoms with Crippen LogP contribution in [-0.4, -0.2) is 70.8 Å². The van der Waals surface area contributed by atoms with Crippen LogP contribution in [0.1, 0.15) is 6.92 Å². The van der Waals surface area contributed by atoms with Gasteiger partial charge in [-0.05, 0) is 30.8 Å². The summed E-state index contributed by atoms with van der Waals surface area (Å²) in [6.07, 6.45) is 0. The smallest absolute Gasteiger partial charge is 0.234 e. The average Bonchev–Trinajstić information content (AvgIpc) is 2.53. The predicted octanol–water partition coefficient (Wildman–Crippen LogP) is 0.276. The van der Waals surface area contributed by atoms with Gasteiger partial charge >= 0.3 is 0 Å². The van der Waals surface area contributed by atoms with Gasteiger partial charge in [0.2, 0.25) is 5.91 Å². The number of carbonyl (C=O) groups is 1. The monoisotopic (exact) mass is 328 g/mol. The van der Waals surface area contributed by atoms with Gasteiger partial charge in [-0.25, -0.2) is 0 Å². The lowest BCUT2D eigenvalue weighted by atomic mass is 10.3. The number of hydrogen-bond acceptors (Lipinski definition) is 6. The Morgan fingerprint density at radius 1 is 1.27 bits per heavy atom. The van der Waals surface area contributed by atoms with Gasteiger partial charge in [-0.2, -0.15) is 0 Å². The van der Waals surface area contributed by atoms with Crippen LogP contribution < -0.4 is 5.32 Å². The van der Waals surface area contributed by atoms with Crippen LogP contribution in [-0.2, 0) is 4.79 Å². The lowest BCUT2D eigenvalue weighted by molar-refractivity contribution is -0.123. The molecule has 1 aromatic rings. The lowest BCUT2D eigenvalue weighted by Crippen LogP contribution is -2.45. The Hall–Kier alpha value is -1.28. The number of aliphatic hydroxyl groups excluding tert-OH is 2. The number of aliphatic hydroxyl groups is 2. The maximum Gasteiger partial charge on any atom is 0.234 e. The quantitative estimate of drug-likeness (QED) is 0.461. The summed E-state index contributed by atoms with van der Waals surface area (Å²) in [6.45, 7) is 3.16. The second-order valence-electron chi connectivity index (χ2n) is 4.84. The zero-order chi connectivity index (χ0) is 16.4. The molecule has 0 heterocycles. The number of hydrogen-bond donors (Lipinski definition) is 4. The Labute approximate surface area is 135 Å². The van der Waals surface area contributed by atoms with Gasteiger partial charge in [0.1, 0.15) is 5.75 Å². The summed E-state index contributed by atoms with van der Waals surface area (Å²) >= 11 is 1.66. The second-order valence-corrected chi connectivity index (χ2v) is 6.01. The third-order valence-electron chi connectivity index (χ3n) is 3.13. The fourth-order valence-corrected chi connectivity index (χ4v) is 2.72. The van der Waals surface area contributed by atoms with Crippen LogP contribution in [0.2, 0.25) is 0 Å². The molecule has 0 unspecified atom stereocenters. The average molecular weight is 328 g/mol. The molecule has 1 amide bonds. The maximum absolute atomic E-state index is 11.8. The van der Waals surface area contributed by atoms with Gasteiger partial charge in [0.15, 0.2) is 0 Å². The molecule has 0 aliphatic rings. The van der Waals surface area contributed by atoms with Crippen LogP contribution >= 0.6 is 11.8 Å². The van der Waals surface area contributed by atoms with Crippen LogP contribution in [0.15, 0.2) is 29.2 Å². The number of thioether (sulfide) groups is 1. The molecule has 0 radical (unpaired) electrons. The Morgan fingerprint density at radius 3 is 2.45 bits per heavy atom. The molecule has 0 spiro atoms. The molecule has 0 fully saturated rings. The molecule has 0 aliphatic heterocycles. The summed E-state index contributed by atoms with van der Waals surface area (Å²) in [4.78, 5) is 14.9. The largest absolute Gasteiger partial charge is 0.508 e. The van der Waals surface area contributed by atoms with Crippen LogP contribution in [0.25, 0.3) is 0 Å². The van der Waals surface area contributed by atoms with Crippen molar-refractivity contribution in [2.75, 3.05) is 38.6 Å². The molecule has 0 aliphatic carbocycles. The minimum Gasteiger partial charge on any atom is -0.508 e. The Morgan fingerprint density at radius 2 is 1.91 bits per heavy atom. The molecule has 6 nitrogen and oxygen atoms in total. The van der Waals surface area contributed by atoms with Crippen molar-refractivity contribution in [1.82, 2.24) is 10.2 Å². The summed E-state index contributed by atoms with van der Waals surface area (Å²) < 4.78 is 0. The Bertz CT molecular complexity index is 438. The zero-order valence-electron chi connectivity index (χ0n) is 12.7. The third-order valence-corrected chi connectivity index (χ3v) is 4.13. The van der Waals surface area contributed by atoms with Gasteiger partial charge in [-0.3, -0.25) is 9.69 Å². The number of aromatic hydroxyl groups is 1. The van der Waals surface area contributed by atoms with Crippen LogP contribution in [0.3, 0.4) is 0 Å². The third kappa shape index (κ3) is 7.13. The number of nitrogens with zero attached hydrogens (tertiary/aromatic N) is 1. The van der Waals surface area contributed by atoms with E-state index in [1.807, 2.05) is 24.0 Å². The molecule has 1 aromatic carbocycles. The minimum absolute atomic E-state index is 0.204. The Balaban J connectivity index is 2.32. The van der Waals surface area contributed by atoms with Crippen molar-refractivity contribution >= 4 is 17.7 Å².